The van der Waals surface area contributed by atoms with Crippen LogP contribution in [-0.2, 0) is 4.79 Å². The zero-order chi connectivity index (χ0) is 15.1. The highest BCUT2D eigenvalue weighted by molar-refractivity contribution is 6.31. The van der Waals surface area contributed by atoms with Crippen molar-refractivity contribution in [3.8, 4) is 0 Å². The summed E-state index contributed by atoms with van der Waals surface area (Å²) in [5.74, 6) is -0.840. The molecule has 0 radical (unpaired) electrons. The molecule has 112 valence electrons. The van der Waals surface area contributed by atoms with Crippen molar-refractivity contribution in [1.29, 1.82) is 0 Å². The predicted octanol–water partition coefficient (Wildman–Crippen LogP) is 2.31. The van der Waals surface area contributed by atoms with E-state index in [0.717, 1.165) is 19.4 Å². The molecule has 2 heterocycles. The van der Waals surface area contributed by atoms with Crippen LogP contribution >= 0.6 is 11.6 Å². The highest BCUT2D eigenvalue weighted by Crippen LogP contribution is 2.27. The van der Waals surface area contributed by atoms with Gasteiger partial charge < -0.3 is 9.80 Å². The van der Waals surface area contributed by atoms with Crippen LogP contribution in [0.1, 0.15) is 30.1 Å². The maximum Gasteiger partial charge on any atom is 0.254 e. The van der Waals surface area contributed by atoms with Gasteiger partial charge in [0.2, 0.25) is 5.91 Å². The van der Waals surface area contributed by atoms with E-state index in [-0.39, 0.29) is 22.9 Å². The van der Waals surface area contributed by atoms with E-state index in [1.807, 2.05) is 4.90 Å². The number of piperazine rings is 1. The van der Waals surface area contributed by atoms with Crippen molar-refractivity contribution in [2.75, 3.05) is 13.1 Å². The lowest BCUT2D eigenvalue weighted by Gasteiger charge is -2.41. The van der Waals surface area contributed by atoms with E-state index in [9.17, 15) is 14.0 Å². The molecule has 2 saturated heterocycles. The predicted molar refractivity (Wildman–Crippen MR) is 76.6 cm³/mol. The van der Waals surface area contributed by atoms with Gasteiger partial charge in [-0.1, -0.05) is 11.6 Å². The van der Waals surface area contributed by atoms with Gasteiger partial charge in [-0.15, -0.1) is 0 Å². The number of hydrogen-bond acceptors (Lipinski definition) is 2. The van der Waals surface area contributed by atoms with Crippen LogP contribution in [0.3, 0.4) is 0 Å². The van der Waals surface area contributed by atoms with Gasteiger partial charge in [-0.05, 0) is 38.0 Å². The minimum absolute atomic E-state index is 0.00897. The van der Waals surface area contributed by atoms with Gasteiger partial charge in [-0.2, -0.15) is 0 Å². The largest absolute Gasteiger partial charge is 0.336 e. The Bertz CT molecular complexity index is 607. The van der Waals surface area contributed by atoms with Gasteiger partial charge in [0.15, 0.2) is 0 Å². The monoisotopic (exact) mass is 310 g/mol. The molecular weight excluding hydrogens is 295 g/mol. The summed E-state index contributed by atoms with van der Waals surface area (Å²) < 4.78 is 13.2. The van der Waals surface area contributed by atoms with Gasteiger partial charge in [-0.3, -0.25) is 9.59 Å². The summed E-state index contributed by atoms with van der Waals surface area (Å²) >= 11 is 5.73. The normalized spacial score (nSPS) is 25.2. The van der Waals surface area contributed by atoms with Crippen LogP contribution < -0.4 is 0 Å². The quantitative estimate of drug-likeness (QED) is 0.798. The van der Waals surface area contributed by atoms with Gasteiger partial charge in [0.05, 0.1) is 5.02 Å². The molecule has 0 aliphatic carbocycles. The molecule has 0 N–H and O–H groups in total. The van der Waals surface area contributed by atoms with Crippen LogP contribution in [-0.4, -0.2) is 46.8 Å². The number of carbonyl (C=O) groups is 2. The standard InChI is InChI=1S/C15H16ClFN2O2/c1-9-14(20)18-6-2-3-11(18)8-19(9)15(21)10-4-5-13(17)12(16)7-10/h4-5,7,9,11H,2-3,6,8H2,1H3/t9-,11-/m0/s1. The number of benzene rings is 1. The molecule has 0 saturated carbocycles. The molecular formula is C15H16ClFN2O2. The molecule has 0 unspecified atom stereocenters. The van der Waals surface area contributed by atoms with Crippen molar-refractivity contribution < 1.29 is 14.0 Å². The molecule has 0 bridgehead atoms. The van der Waals surface area contributed by atoms with E-state index in [0.29, 0.717) is 12.1 Å². The zero-order valence-electron chi connectivity index (χ0n) is 11.7. The van der Waals surface area contributed by atoms with Crippen molar-refractivity contribution in [3.05, 3.63) is 34.6 Å². The van der Waals surface area contributed by atoms with E-state index >= 15 is 0 Å². The van der Waals surface area contributed by atoms with Crippen LogP contribution in [0, 0.1) is 5.82 Å². The summed E-state index contributed by atoms with van der Waals surface area (Å²) in [6.45, 7) is 3.04. The summed E-state index contributed by atoms with van der Waals surface area (Å²) in [5, 5.41) is -0.0840. The first-order valence-electron chi connectivity index (χ1n) is 7.05. The summed E-state index contributed by atoms with van der Waals surface area (Å²) in [6.07, 6.45) is 1.90. The number of nitrogens with zero attached hydrogens (tertiary/aromatic N) is 2. The van der Waals surface area contributed by atoms with Crippen molar-refractivity contribution in [2.45, 2.75) is 31.8 Å². The van der Waals surface area contributed by atoms with Crippen LogP contribution in [0.5, 0.6) is 0 Å². The third-order valence-corrected chi connectivity index (χ3v) is 4.61. The average molecular weight is 311 g/mol. The molecule has 2 fully saturated rings. The van der Waals surface area contributed by atoms with Crippen LogP contribution in [0.2, 0.25) is 5.02 Å². The number of rotatable bonds is 1. The first-order valence-corrected chi connectivity index (χ1v) is 7.43. The number of fused-ring (bicyclic) bond motifs is 1. The molecule has 3 rings (SSSR count). The molecule has 0 aromatic heterocycles. The van der Waals surface area contributed by atoms with Crippen molar-refractivity contribution in [3.63, 3.8) is 0 Å². The number of hydrogen-bond donors (Lipinski definition) is 0. The molecule has 2 amide bonds. The fraction of sp³-hybridized carbons (Fsp3) is 0.467. The van der Waals surface area contributed by atoms with Crippen LogP contribution in [0.15, 0.2) is 18.2 Å². The second-order valence-corrected chi connectivity index (χ2v) is 6.00. The Morgan fingerprint density at radius 2 is 2.19 bits per heavy atom. The molecule has 6 heteroatoms. The molecule has 0 spiro atoms. The molecule has 21 heavy (non-hydrogen) atoms. The Labute approximate surface area is 127 Å². The summed E-state index contributed by atoms with van der Waals surface area (Å²) in [5.41, 5.74) is 0.312. The van der Waals surface area contributed by atoms with Crippen molar-refractivity contribution in [2.24, 2.45) is 0 Å². The van der Waals surface area contributed by atoms with Crippen LogP contribution in [0.4, 0.5) is 4.39 Å². The lowest BCUT2D eigenvalue weighted by Crippen LogP contribution is -2.60. The fourth-order valence-corrected chi connectivity index (χ4v) is 3.31. The van der Waals surface area contributed by atoms with Crippen molar-refractivity contribution in [1.82, 2.24) is 9.80 Å². The van der Waals surface area contributed by atoms with E-state index in [1.165, 1.54) is 18.2 Å². The Morgan fingerprint density at radius 1 is 1.43 bits per heavy atom. The van der Waals surface area contributed by atoms with E-state index in [2.05, 4.69) is 0 Å². The summed E-state index contributed by atoms with van der Waals surface area (Å²) in [4.78, 5) is 28.3. The summed E-state index contributed by atoms with van der Waals surface area (Å²) in [7, 11) is 0. The smallest absolute Gasteiger partial charge is 0.254 e. The average Bonchev–Trinajstić information content (AvgIpc) is 2.93. The van der Waals surface area contributed by atoms with E-state index in [4.69, 9.17) is 11.6 Å². The van der Waals surface area contributed by atoms with E-state index in [1.54, 1.807) is 11.8 Å². The number of halogens is 2. The summed E-state index contributed by atoms with van der Waals surface area (Å²) in [6, 6.07) is 3.51. The van der Waals surface area contributed by atoms with Gasteiger partial charge >= 0.3 is 0 Å². The van der Waals surface area contributed by atoms with Gasteiger partial charge in [-0.25, -0.2) is 4.39 Å². The SMILES string of the molecule is C[C@H]1C(=O)N2CCC[C@H]2CN1C(=O)c1ccc(F)c(Cl)c1. The molecule has 4 nitrogen and oxygen atoms in total. The van der Waals surface area contributed by atoms with E-state index < -0.39 is 11.9 Å². The van der Waals surface area contributed by atoms with Crippen molar-refractivity contribution >= 4 is 23.4 Å². The second-order valence-electron chi connectivity index (χ2n) is 5.59. The number of amides is 2. The molecule has 1 aromatic carbocycles. The van der Waals surface area contributed by atoms with Gasteiger partial charge in [0.25, 0.3) is 5.91 Å². The van der Waals surface area contributed by atoms with Gasteiger partial charge in [0.1, 0.15) is 11.9 Å². The molecule has 2 aliphatic heterocycles. The number of carbonyl (C=O) groups excluding carboxylic acids is 2. The molecule has 1 aromatic rings. The third kappa shape index (κ3) is 2.39. The first-order chi connectivity index (χ1) is 9.99. The minimum atomic E-state index is -0.557. The molecule has 2 aliphatic rings. The Morgan fingerprint density at radius 3 is 2.90 bits per heavy atom. The lowest BCUT2D eigenvalue weighted by molar-refractivity contribution is -0.141. The van der Waals surface area contributed by atoms with Crippen LogP contribution in [0.25, 0.3) is 0 Å². The Balaban J connectivity index is 1.86. The Hall–Kier alpha value is -1.62. The maximum atomic E-state index is 13.2. The third-order valence-electron chi connectivity index (χ3n) is 4.32. The van der Waals surface area contributed by atoms with Gasteiger partial charge in [0, 0.05) is 24.7 Å². The lowest BCUT2D eigenvalue weighted by atomic mass is 10.1. The zero-order valence-corrected chi connectivity index (χ0v) is 12.4. The fourth-order valence-electron chi connectivity index (χ4n) is 3.13. The highest BCUT2D eigenvalue weighted by Gasteiger charge is 2.42. The first kappa shape index (κ1) is 14.3. The minimum Gasteiger partial charge on any atom is -0.336 e. The topological polar surface area (TPSA) is 40.6 Å². The highest BCUT2D eigenvalue weighted by atomic mass is 35.5. The molecule has 2 atom stereocenters. The Kier molecular flexibility index (Phi) is 3.61. The maximum absolute atomic E-state index is 13.2. The second kappa shape index (κ2) is 5.30.